The van der Waals surface area contributed by atoms with E-state index in [1.807, 2.05) is 38.1 Å². The van der Waals surface area contributed by atoms with Gasteiger partial charge in [0.1, 0.15) is 11.9 Å². The fourth-order valence-electron chi connectivity index (χ4n) is 2.76. The summed E-state index contributed by atoms with van der Waals surface area (Å²) >= 11 is 0. The Balaban J connectivity index is 1.80. The molecule has 25 heavy (non-hydrogen) atoms. The lowest BCUT2D eigenvalue weighted by atomic mass is 10.0. The van der Waals surface area contributed by atoms with E-state index in [1.165, 1.54) is 0 Å². The van der Waals surface area contributed by atoms with E-state index in [0.717, 1.165) is 36.5 Å². The average Bonchev–Trinajstić information content (AvgIpc) is 3.08. The minimum atomic E-state index is -0.495. The Kier molecular flexibility index (Phi) is 7.68. The molecular weight excluding hydrogens is 320 g/mol. The van der Waals surface area contributed by atoms with Crippen LogP contribution in [0.2, 0.25) is 0 Å². The maximum absolute atomic E-state index is 10.1. The Bertz CT molecular complexity index is 545. The smallest absolute Gasteiger partial charge is 0.145 e. The molecule has 6 heteroatoms. The van der Waals surface area contributed by atoms with Gasteiger partial charge in [-0.25, -0.2) is 0 Å². The molecule has 0 bridgehead atoms. The molecule has 2 rings (SSSR count). The van der Waals surface area contributed by atoms with Crippen molar-refractivity contribution in [3.8, 4) is 5.75 Å². The first-order valence-corrected chi connectivity index (χ1v) is 8.91. The molecule has 1 aliphatic rings. The van der Waals surface area contributed by atoms with Crippen molar-refractivity contribution < 1.29 is 19.4 Å². The summed E-state index contributed by atoms with van der Waals surface area (Å²) in [6, 6.07) is 7.84. The van der Waals surface area contributed by atoms with Crippen molar-refractivity contribution in [2.24, 2.45) is 5.16 Å². The van der Waals surface area contributed by atoms with Gasteiger partial charge in [0.15, 0.2) is 0 Å². The van der Waals surface area contributed by atoms with Crippen molar-refractivity contribution in [3.05, 3.63) is 29.8 Å². The van der Waals surface area contributed by atoms with Crippen LogP contribution in [0.25, 0.3) is 0 Å². The maximum Gasteiger partial charge on any atom is 0.145 e. The van der Waals surface area contributed by atoms with Gasteiger partial charge in [-0.3, -0.25) is 4.90 Å². The Morgan fingerprint density at radius 1 is 1.32 bits per heavy atom. The molecule has 1 aromatic rings. The Morgan fingerprint density at radius 3 is 2.64 bits per heavy atom. The number of aliphatic hydroxyl groups excluding tert-OH is 1. The van der Waals surface area contributed by atoms with E-state index in [9.17, 15) is 5.11 Å². The monoisotopic (exact) mass is 350 g/mol. The number of benzene rings is 1. The SMILES string of the molecule is CCN(C[C@@H](O)COC(C)C)C[C@H]1CC(c2ccc(OC)cc2)=NO1. The normalized spacial score (nSPS) is 18.4. The molecule has 1 aliphatic heterocycles. The standard InChI is InChI=1S/C19H30N2O4/c1-5-21(11-16(22)13-24-14(2)3)12-18-10-19(20-25-18)15-6-8-17(23-4)9-7-15/h6-9,14,16,18,22H,5,10-13H2,1-4H3/t16-,18-/m1/s1. The number of oxime groups is 1. The molecule has 0 radical (unpaired) electrons. The van der Waals surface area contributed by atoms with Crippen LogP contribution >= 0.6 is 0 Å². The summed E-state index contributed by atoms with van der Waals surface area (Å²) in [5.41, 5.74) is 2.00. The summed E-state index contributed by atoms with van der Waals surface area (Å²) in [4.78, 5) is 7.76. The summed E-state index contributed by atoms with van der Waals surface area (Å²) in [7, 11) is 1.65. The first-order chi connectivity index (χ1) is 12.0. The van der Waals surface area contributed by atoms with Crippen LogP contribution in [0.3, 0.4) is 0 Å². The molecule has 0 amide bonds. The number of aliphatic hydroxyl groups is 1. The molecule has 0 aromatic heterocycles. The zero-order chi connectivity index (χ0) is 18.2. The van der Waals surface area contributed by atoms with E-state index in [1.54, 1.807) is 7.11 Å². The molecule has 6 nitrogen and oxygen atoms in total. The van der Waals surface area contributed by atoms with Crippen LogP contribution in [0.15, 0.2) is 29.4 Å². The van der Waals surface area contributed by atoms with Gasteiger partial charge in [0.05, 0.1) is 31.6 Å². The average molecular weight is 350 g/mol. The Labute approximate surface area is 150 Å². The second-order valence-electron chi connectivity index (χ2n) is 6.59. The predicted molar refractivity (Wildman–Crippen MR) is 98.2 cm³/mol. The number of hydrogen-bond donors (Lipinski definition) is 1. The van der Waals surface area contributed by atoms with Crippen molar-refractivity contribution >= 4 is 5.71 Å². The number of nitrogens with zero attached hydrogens (tertiary/aromatic N) is 2. The number of rotatable bonds is 10. The summed E-state index contributed by atoms with van der Waals surface area (Å²) in [6.45, 7) is 8.52. The molecular formula is C19H30N2O4. The third kappa shape index (κ3) is 6.30. The number of hydrogen-bond acceptors (Lipinski definition) is 6. The second-order valence-corrected chi connectivity index (χ2v) is 6.59. The number of likely N-dealkylation sites (N-methyl/N-ethyl adjacent to an activating group) is 1. The van der Waals surface area contributed by atoms with Crippen LogP contribution < -0.4 is 4.74 Å². The molecule has 1 heterocycles. The molecule has 0 unspecified atom stereocenters. The molecule has 0 spiro atoms. The lowest BCUT2D eigenvalue weighted by Crippen LogP contribution is -2.39. The van der Waals surface area contributed by atoms with Gasteiger partial charge in [0.25, 0.3) is 0 Å². The molecule has 1 aromatic carbocycles. The first kappa shape index (κ1) is 19.7. The van der Waals surface area contributed by atoms with E-state index in [2.05, 4.69) is 17.0 Å². The molecule has 0 saturated heterocycles. The zero-order valence-electron chi connectivity index (χ0n) is 15.6. The van der Waals surface area contributed by atoms with Gasteiger partial charge in [-0.05, 0) is 50.2 Å². The lowest BCUT2D eigenvalue weighted by molar-refractivity contribution is -0.0169. The van der Waals surface area contributed by atoms with Crippen LogP contribution in [0, 0.1) is 0 Å². The molecule has 1 N–H and O–H groups in total. The zero-order valence-corrected chi connectivity index (χ0v) is 15.6. The number of methoxy groups -OCH3 is 1. The van der Waals surface area contributed by atoms with E-state index >= 15 is 0 Å². The third-order valence-electron chi connectivity index (χ3n) is 4.16. The van der Waals surface area contributed by atoms with E-state index in [4.69, 9.17) is 14.3 Å². The first-order valence-electron chi connectivity index (χ1n) is 8.91. The van der Waals surface area contributed by atoms with Crippen molar-refractivity contribution in [1.29, 1.82) is 0 Å². The topological polar surface area (TPSA) is 63.5 Å². The fraction of sp³-hybridized carbons (Fsp3) is 0.632. The molecule has 0 fully saturated rings. The van der Waals surface area contributed by atoms with Crippen molar-refractivity contribution in [3.63, 3.8) is 0 Å². The Hall–Kier alpha value is -1.63. The highest BCUT2D eigenvalue weighted by Gasteiger charge is 2.25. The van der Waals surface area contributed by atoms with Gasteiger partial charge in [0, 0.05) is 19.5 Å². The predicted octanol–water partition coefficient (Wildman–Crippen LogP) is 2.30. The van der Waals surface area contributed by atoms with Crippen molar-refractivity contribution in [1.82, 2.24) is 4.90 Å². The summed E-state index contributed by atoms with van der Waals surface area (Å²) in [5.74, 6) is 0.828. The highest BCUT2D eigenvalue weighted by Crippen LogP contribution is 2.20. The van der Waals surface area contributed by atoms with Crippen LogP contribution in [0.4, 0.5) is 0 Å². The minimum absolute atomic E-state index is 0.00951. The van der Waals surface area contributed by atoms with Gasteiger partial charge in [0.2, 0.25) is 0 Å². The van der Waals surface area contributed by atoms with Crippen LogP contribution in [0.5, 0.6) is 5.75 Å². The Morgan fingerprint density at radius 2 is 2.04 bits per heavy atom. The molecule has 140 valence electrons. The minimum Gasteiger partial charge on any atom is -0.497 e. The summed E-state index contributed by atoms with van der Waals surface area (Å²) < 4.78 is 10.7. The largest absolute Gasteiger partial charge is 0.497 e. The second kappa shape index (κ2) is 9.75. The fourth-order valence-corrected chi connectivity index (χ4v) is 2.76. The lowest BCUT2D eigenvalue weighted by Gasteiger charge is -2.25. The van der Waals surface area contributed by atoms with Crippen LogP contribution in [0.1, 0.15) is 32.8 Å². The van der Waals surface area contributed by atoms with Crippen LogP contribution in [-0.4, -0.2) is 67.4 Å². The summed E-state index contributed by atoms with van der Waals surface area (Å²) in [6.07, 6.45) is 0.408. The van der Waals surface area contributed by atoms with Crippen molar-refractivity contribution in [2.75, 3.05) is 33.4 Å². The van der Waals surface area contributed by atoms with Gasteiger partial charge >= 0.3 is 0 Å². The van der Waals surface area contributed by atoms with Crippen molar-refractivity contribution in [2.45, 2.75) is 45.5 Å². The van der Waals surface area contributed by atoms with Gasteiger partial charge in [-0.2, -0.15) is 0 Å². The highest BCUT2D eigenvalue weighted by atomic mass is 16.6. The van der Waals surface area contributed by atoms with E-state index in [0.29, 0.717) is 13.2 Å². The summed E-state index contributed by atoms with van der Waals surface area (Å²) in [5, 5.41) is 14.3. The van der Waals surface area contributed by atoms with Crippen LogP contribution in [-0.2, 0) is 9.57 Å². The van der Waals surface area contributed by atoms with Gasteiger partial charge in [-0.15, -0.1) is 0 Å². The molecule has 0 aliphatic carbocycles. The highest BCUT2D eigenvalue weighted by molar-refractivity contribution is 6.01. The quantitative estimate of drug-likeness (QED) is 0.701. The van der Waals surface area contributed by atoms with Gasteiger partial charge < -0.3 is 19.4 Å². The number of ether oxygens (including phenoxy) is 2. The molecule has 0 saturated carbocycles. The third-order valence-corrected chi connectivity index (χ3v) is 4.16. The van der Waals surface area contributed by atoms with E-state index < -0.39 is 6.10 Å². The maximum atomic E-state index is 10.1. The molecule has 2 atom stereocenters. The van der Waals surface area contributed by atoms with Gasteiger partial charge in [-0.1, -0.05) is 12.1 Å². The van der Waals surface area contributed by atoms with E-state index in [-0.39, 0.29) is 12.2 Å².